The molecule has 1 atom stereocenters. The molecule has 2 aromatic rings. The average molecular weight is 536 g/mol. The van der Waals surface area contributed by atoms with Gasteiger partial charge in [-0.25, -0.2) is 17.2 Å². The zero-order chi connectivity index (χ0) is 25.6. The molecule has 34 heavy (non-hydrogen) atoms. The first-order valence-corrected chi connectivity index (χ1v) is 12.8. The second kappa shape index (κ2) is 11.8. The Hall–Kier alpha value is -2.43. The van der Waals surface area contributed by atoms with Crippen molar-refractivity contribution in [3.63, 3.8) is 0 Å². The molecule has 0 bridgehead atoms. The standard InChI is InChI=1S/C22H25Cl2F2N3O4S/c1-14(22(31)27-2)28(13-15-6-7-16(23)11-18(15)24)21(30)5-4-10-29(34(3,32)33)17-8-9-19(25)20(26)12-17/h6-9,11-12,14H,4-5,10,13H2,1-3H3,(H,27,31). The van der Waals surface area contributed by atoms with Crippen LogP contribution in [0.15, 0.2) is 36.4 Å². The van der Waals surface area contributed by atoms with Crippen LogP contribution in [0.4, 0.5) is 14.5 Å². The van der Waals surface area contributed by atoms with Crippen LogP contribution in [0, 0.1) is 11.6 Å². The van der Waals surface area contributed by atoms with Crippen LogP contribution < -0.4 is 9.62 Å². The number of sulfonamides is 1. The van der Waals surface area contributed by atoms with Crippen molar-refractivity contribution in [2.24, 2.45) is 0 Å². The van der Waals surface area contributed by atoms with E-state index < -0.39 is 39.5 Å². The second-order valence-electron chi connectivity index (χ2n) is 7.58. The summed E-state index contributed by atoms with van der Waals surface area (Å²) >= 11 is 12.2. The number of nitrogens with zero attached hydrogens (tertiary/aromatic N) is 2. The van der Waals surface area contributed by atoms with Crippen molar-refractivity contribution in [2.45, 2.75) is 32.4 Å². The van der Waals surface area contributed by atoms with Crippen molar-refractivity contribution in [3.8, 4) is 0 Å². The highest BCUT2D eigenvalue weighted by Crippen LogP contribution is 2.24. The van der Waals surface area contributed by atoms with E-state index in [1.807, 2.05) is 0 Å². The van der Waals surface area contributed by atoms with E-state index in [9.17, 15) is 26.8 Å². The molecule has 0 aliphatic rings. The lowest BCUT2D eigenvalue weighted by molar-refractivity contribution is -0.140. The summed E-state index contributed by atoms with van der Waals surface area (Å²) in [5, 5.41) is 3.24. The number of anilines is 1. The Balaban J connectivity index is 2.19. The smallest absolute Gasteiger partial charge is 0.242 e. The van der Waals surface area contributed by atoms with Gasteiger partial charge in [0.05, 0.1) is 11.9 Å². The summed E-state index contributed by atoms with van der Waals surface area (Å²) in [7, 11) is -2.39. The first-order chi connectivity index (χ1) is 15.8. The van der Waals surface area contributed by atoms with Gasteiger partial charge in [0.2, 0.25) is 21.8 Å². The molecule has 0 radical (unpaired) electrons. The highest BCUT2D eigenvalue weighted by molar-refractivity contribution is 7.92. The molecule has 0 fully saturated rings. The Morgan fingerprint density at radius 3 is 2.32 bits per heavy atom. The topological polar surface area (TPSA) is 86.8 Å². The summed E-state index contributed by atoms with van der Waals surface area (Å²) in [5.74, 6) is -3.10. The van der Waals surface area contributed by atoms with Crippen LogP contribution in [0.25, 0.3) is 0 Å². The molecule has 2 aromatic carbocycles. The Bertz CT molecular complexity index is 1160. The molecule has 0 saturated heterocycles. The minimum atomic E-state index is -3.83. The molecular weight excluding hydrogens is 511 g/mol. The zero-order valence-electron chi connectivity index (χ0n) is 18.8. The molecule has 7 nitrogen and oxygen atoms in total. The van der Waals surface area contributed by atoms with Gasteiger partial charge >= 0.3 is 0 Å². The monoisotopic (exact) mass is 535 g/mol. The normalized spacial score (nSPS) is 12.2. The van der Waals surface area contributed by atoms with Gasteiger partial charge in [-0.3, -0.25) is 13.9 Å². The molecule has 0 heterocycles. The average Bonchev–Trinajstić information content (AvgIpc) is 2.76. The van der Waals surface area contributed by atoms with Gasteiger partial charge < -0.3 is 10.2 Å². The third kappa shape index (κ3) is 7.28. The van der Waals surface area contributed by atoms with Crippen molar-refractivity contribution < 1.29 is 26.8 Å². The molecule has 0 aliphatic carbocycles. The van der Waals surface area contributed by atoms with Crippen molar-refractivity contribution in [1.29, 1.82) is 0 Å². The van der Waals surface area contributed by atoms with Crippen LogP contribution in [0.5, 0.6) is 0 Å². The van der Waals surface area contributed by atoms with Gasteiger partial charge in [-0.2, -0.15) is 0 Å². The first-order valence-electron chi connectivity index (χ1n) is 10.2. The van der Waals surface area contributed by atoms with E-state index in [1.165, 1.54) is 18.0 Å². The van der Waals surface area contributed by atoms with Crippen LogP contribution in [0.2, 0.25) is 10.0 Å². The highest BCUT2D eigenvalue weighted by atomic mass is 35.5. The number of halogens is 4. The van der Waals surface area contributed by atoms with Crippen LogP contribution >= 0.6 is 23.2 Å². The number of amides is 2. The first kappa shape index (κ1) is 27.8. The molecular formula is C22H25Cl2F2N3O4S. The quantitative estimate of drug-likeness (QED) is 0.498. The fourth-order valence-electron chi connectivity index (χ4n) is 3.27. The van der Waals surface area contributed by atoms with E-state index in [4.69, 9.17) is 23.2 Å². The Labute approximate surface area is 207 Å². The number of nitrogens with one attached hydrogen (secondary N) is 1. The van der Waals surface area contributed by atoms with Crippen LogP contribution in [-0.4, -0.2) is 51.0 Å². The number of carbonyl (C=O) groups excluding carboxylic acids is 2. The lowest BCUT2D eigenvalue weighted by Crippen LogP contribution is -2.46. The maximum atomic E-state index is 13.6. The Morgan fingerprint density at radius 1 is 1.09 bits per heavy atom. The third-order valence-corrected chi connectivity index (χ3v) is 6.89. The van der Waals surface area contributed by atoms with E-state index in [0.717, 1.165) is 28.8 Å². The number of hydrogen-bond donors (Lipinski definition) is 1. The molecule has 1 N–H and O–H groups in total. The fraction of sp³-hybridized carbons (Fsp3) is 0.364. The molecule has 0 spiro atoms. The van der Waals surface area contributed by atoms with Crippen LogP contribution in [0.1, 0.15) is 25.3 Å². The Morgan fingerprint density at radius 2 is 1.76 bits per heavy atom. The van der Waals surface area contributed by atoms with Crippen molar-refractivity contribution >= 4 is 50.7 Å². The van der Waals surface area contributed by atoms with Gasteiger partial charge in [-0.05, 0) is 43.2 Å². The summed E-state index contributed by atoms with van der Waals surface area (Å²) in [6.45, 7) is 1.44. The van der Waals surface area contributed by atoms with Crippen LogP contribution in [0.3, 0.4) is 0 Å². The number of benzene rings is 2. The molecule has 186 valence electrons. The lowest BCUT2D eigenvalue weighted by Gasteiger charge is -2.29. The summed E-state index contributed by atoms with van der Waals surface area (Å²) in [4.78, 5) is 26.6. The van der Waals surface area contributed by atoms with Gasteiger partial charge in [-0.1, -0.05) is 29.3 Å². The zero-order valence-corrected chi connectivity index (χ0v) is 21.1. The molecule has 0 aliphatic heterocycles. The van der Waals surface area contributed by atoms with E-state index >= 15 is 0 Å². The lowest BCUT2D eigenvalue weighted by atomic mass is 10.1. The van der Waals surface area contributed by atoms with E-state index in [0.29, 0.717) is 15.6 Å². The summed E-state index contributed by atoms with van der Waals surface area (Å²) in [6.07, 6.45) is 0.886. The largest absolute Gasteiger partial charge is 0.357 e. The summed E-state index contributed by atoms with van der Waals surface area (Å²) in [6, 6.07) is 6.71. The summed E-state index contributed by atoms with van der Waals surface area (Å²) < 4.78 is 52.2. The molecule has 12 heteroatoms. The minimum Gasteiger partial charge on any atom is -0.357 e. The number of likely N-dealkylation sites (N-methyl/N-ethyl adjacent to an activating group) is 1. The SMILES string of the molecule is CNC(=O)C(C)N(Cc1ccc(Cl)cc1Cl)C(=O)CCCN(c1ccc(F)c(F)c1)S(C)(=O)=O. The predicted molar refractivity (Wildman–Crippen MR) is 128 cm³/mol. The molecule has 0 saturated carbocycles. The van der Waals surface area contributed by atoms with E-state index in [1.54, 1.807) is 19.1 Å². The maximum Gasteiger partial charge on any atom is 0.242 e. The van der Waals surface area contributed by atoms with Gasteiger partial charge in [0.25, 0.3) is 0 Å². The number of hydrogen-bond acceptors (Lipinski definition) is 4. The minimum absolute atomic E-state index is 0.0301. The van der Waals surface area contributed by atoms with Crippen molar-refractivity contribution in [1.82, 2.24) is 10.2 Å². The fourth-order valence-corrected chi connectivity index (χ4v) is 4.69. The van der Waals surface area contributed by atoms with Gasteiger partial charge in [0, 0.05) is 42.7 Å². The predicted octanol–water partition coefficient (Wildman–Crippen LogP) is 3.98. The molecule has 2 rings (SSSR count). The Kier molecular flexibility index (Phi) is 9.66. The van der Waals surface area contributed by atoms with Crippen molar-refractivity contribution in [2.75, 3.05) is 24.2 Å². The third-order valence-electron chi connectivity index (χ3n) is 5.11. The van der Waals surface area contributed by atoms with Crippen LogP contribution in [-0.2, 0) is 26.2 Å². The molecule has 1 unspecified atom stereocenters. The van der Waals surface area contributed by atoms with E-state index in [2.05, 4.69) is 5.32 Å². The molecule has 2 amide bonds. The number of rotatable bonds is 10. The molecule has 0 aromatic heterocycles. The summed E-state index contributed by atoms with van der Waals surface area (Å²) in [5.41, 5.74) is 0.520. The van der Waals surface area contributed by atoms with E-state index in [-0.39, 0.29) is 31.6 Å². The number of carbonyl (C=O) groups is 2. The van der Waals surface area contributed by atoms with Gasteiger partial charge in [0.15, 0.2) is 11.6 Å². The second-order valence-corrected chi connectivity index (χ2v) is 10.3. The highest BCUT2D eigenvalue weighted by Gasteiger charge is 2.27. The maximum absolute atomic E-state index is 13.6. The van der Waals surface area contributed by atoms with Crippen molar-refractivity contribution in [3.05, 3.63) is 63.6 Å². The van der Waals surface area contributed by atoms with Gasteiger partial charge in [0.1, 0.15) is 6.04 Å². The van der Waals surface area contributed by atoms with Gasteiger partial charge in [-0.15, -0.1) is 0 Å².